The zero-order valence-corrected chi connectivity index (χ0v) is 20.5. The summed E-state index contributed by atoms with van der Waals surface area (Å²) in [5, 5.41) is 0. The van der Waals surface area contributed by atoms with Crippen molar-refractivity contribution < 1.29 is 0 Å². The van der Waals surface area contributed by atoms with Crippen molar-refractivity contribution >= 4 is 23.0 Å². The van der Waals surface area contributed by atoms with Crippen LogP contribution in [0.25, 0.3) is 0 Å². The largest absolute Gasteiger partial charge is 0.321 e. The zero-order chi connectivity index (χ0) is 22.8. The predicted molar refractivity (Wildman–Crippen MR) is 138 cm³/mol. The Hall–Kier alpha value is -2.62. The summed E-state index contributed by atoms with van der Waals surface area (Å²) in [6.07, 6.45) is 2.26. The van der Waals surface area contributed by atoms with Gasteiger partial charge in [-0.3, -0.25) is 9.98 Å². The van der Waals surface area contributed by atoms with Gasteiger partial charge in [0.15, 0.2) is 11.7 Å². The lowest BCUT2D eigenvalue weighted by Crippen LogP contribution is -2.42. The van der Waals surface area contributed by atoms with Crippen molar-refractivity contribution in [1.82, 2.24) is 0 Å². The van der Waals surface area contributed by atoms with Crippen molar-refractivity contribution in [2.45, 2.75) is 66.5 Å². The van der Waals surface area contributed by atoms with Crippen LogP contribution in [0.5, 0.6) is 0 Å². The van der Waals surface area contributed by atoms with E-state index in [2.05, 4.69) is 99.9 Å². The van der Waals surface area contributed by atoms with Crippen molar-refractivity contribution in [3.8, 4) is 0 Å². The molecule has 0 aromatic heterocycles. The van der Waals surface area contributed by atoms with E-state index in [1.807, 2.05) is 0 Å². The number of aryl methyl sites for hydroxylation is 2. The van der Waals surface area contributed by atoms with Gasteiger partial charge in [0.25, 0.3) is 0 Å². The first-order valence-electron chi connectivity index (χ1n) is 12.3. The molecule has 2 aliphatic heterocycles. The van der Waals surface area contributed by atoms with Crippen molar-refractivity contribution in [3.05, 3.63) is 59.7 Å². The van der Waals surface area contributed by atoms with Gasteiger partial charge in [0.1, 0.15) is 0 Å². The number of hydrogen-bond acceptors (Lipinski definition) is 4. The molecule has 0 aliphatic carbocycles. The van der Waals surface area contributed by atoms with Crippen molar-refractivity contribution in [2.24, 2.45) is 21.8 Å². The molecule has 4 heteroatoms. The number of benzene rings is 2. The smallest absolute Gasteiger partial charge is 0.172 e. The quantitative estimate of drug-likeness (QED) is 0.518. The molecule has 0 unspecified atom stereocenters. The van der Waals surface area contributed by atoms with E-state index in [4.69, 9.17) is 9.98 Å². The van der Waals surface area contributed by atoms with Gasteiger partial charge in [0.05, 0.1) is 12.1 Å². The normalized spacial score (nSPS) is 22.7. The molecule has 4 rings (SSSR count). The molecule has 2 aromatic carbocycles. The molecule has 2 heterocycles. The topological polar surface area (TPSA) is 31.2 Å². The SMILES string of the molecule is CC[C@H](C)[C@H]1CN(c2ccc(C)cc2)C(C2=N[C@@H]([C@@H](C)CC)CN2c2ccc(C)cc2)=N1. The van der Waals surface area contributed by atoms with Gasteiger partial charge in [-0.2, -0.15) is 0 Å². The highest BCUT2D eigenvalue weighted by atomic mass is 15.4. The van der Waals surface area contributed by atoms with Crippen LogP contribution in [0.1, 0.15) is 51.7 Å². The van der Waals surface area contributed by atoms with Crippen LogP contribution in [0.15, 0.2) is 58.5 Å². The van der Waals surface area contributed by atoms with Gasteiger partial charge in [-0.1, -0.05) is 75.9 Å². The molecule has 0 spiro atoms. The molecule has 2 aliphatic rings. The van der Waals surface area contributed by atoms with E-state index in [0.29, 0.717) is 23.9 Å². The molecule has 0 bridgehead atoms. The van der Waals surface area contributed by atoms with E-state index in [0.717, 1.165) is 37.6 Å². The van der Waals surface area contributed by atoms with E-state index in [-0.39, 0.29) is 0 Å². The highest BCUT2D eigenvalue weighted by molar-refractivity contribution is 6.50. The molecule has 0 fully saturated rings. The predicted octanol–water partition coefficient (Wildman–Crippen LogP) is 6.27. The maximum atomic E-state index is 5.30. The minimum absolute atomic E-state index is 0.293. The van der Waals surface area contributed by atoms with Crippen LogP contribution in [0.3, 0.4) is 0 Å². The Balaban J connectivity index is 1.77. The first-order chi connectivity index (χ1) is 15.4. The molecule has 32 heavy (non-hydrogen) atoms. The summed E-state index contributed by atoms with van der Waals surface area (Å²) in [4.78, 5) is 15.4. The van der Waals surface area contributed by atoms with Gasteiger partial charge < -0.3 is 9.80 Å². The van der Waals surface area contributed by atoms with Crippen LogP contribution < -0.4 is 9.80 Å². The fraction of sp³-hybridized carbons (Fsp3) is 0.500. The summed E-state index contributed by atoms with van der Waals surface area (Å²) >= 11 is 0. The van der Waals surface area contributed by atoms with Crippen LogP contribution in [0.4, 0.5) is 11.4 Å². The monoisotopic (exact) mass is 430 g/mol. The molecule has 4 atom stereocenters. The van der Waals surface area contributed by atoms with Gasteiger partial charge in [-0.15, -0.1) is 0 Å². The molecule has 2 aromatic rings. The van der Waals surface area contributed by atoms with Crippen LogP contribution in [-0.4, -0.2) is 36.8 Å². The summed E-state index contributed by atoms with van der Waals surface area (Å²) in [7, 11) is 0. The highest BCUT2D eigenvalue weighted by Crippen LogP contribution is 2.31. The Labute approximate surface area is 194 Å². The average Bonchev–Trinajstić information content (AvgIpc) is 3.44. The highest BCUT2D eigenvalue weighted by Gasteiger charge is 2.38. The molecule has 0 N–H and O–H groups in total. The summed E-state index contributed by atoms with van der Waals surface area (Å²) in [5.74, 6) is 3.15. The van der Waals surface area contributed by atoms with Crippen molar-refractivity contribution in [1.29, 1.82) is 0 Å². The Kier molecular flexibility index (Phi) is 6.68. The minimum Gasteiger partial charge on any atom is -0.321 e. The molecular formula is C28H38N4. The van der Waals surface area contributed by atoms with E-state index in [1.54, 1.807) is 0 Å². The number of rotatable bonds is 7. The maximum Gasteiger partial charge on any atom is 0.172 e. The van der Waals surface area contributed by atoms with E-state index >= 15 is 0 Å². The minimum atomic E-state index is 0.293. The van der Waals surface area contributed by atoms with Crippen LogP contribution in [0.2, 0.25) is 0 Å². The lowest BCUT2D eigenvalue weighted by Gasteiger charge is -2.27. The number of anilines is 2. The first-order valence-corrected chi connectivity index (χ1v) is 12.3. The van der Waals surface area contributed by atoms with E-state index in [9.17, 15) is 0 Å². The summed E-state index contributed by atoms with van der Waals surface area (Å²) in [6, 6.07) is 18.3. The lowest BCUT2D eigenvalue weighted by molar-refractivity contribution is 0.465. The Morgan fingerprint density at radius 2 is 1.03 bits per heavy atom. The third kappa shape index (κ3) is 4.46. The van der Waals surface area contributed by atoms with Gasteiger partial charge in [-0.25, -0.2) is 0 Å². The van der Waals surface area contributed by atoms with E-state index < -0.39 is 0 Å². The number of nitrogens with zero attached hydrogens (tertiary/aromatic N) is 4. The number of hydrogen-bond donors (Lipinski definition) is 0. The van der Waals surface area contributed by atoms with E-state index in [1.165, 1.54) is 22.5 Å². The molecule has 0 saturated carbocycles. The van der Waals surface area contributed by atoms with Crippen LogP contribution >= 0.6 is 0 Å². The molecule has 0 radical (unpaired) electrons. The third-order valence-corrected chi connectivity index (χ3v) is 7.32. The van der Waals surface area contributed by atoms with Crippen LogP contribution in [0, 0.1) is 25.7 Å². The second-order valence-electron chi connectivity index (χ2n) is 9.70. The second kappa shape index (κ2) is 9.48. The van der Waals surface area contributed by atoms with Crippen molar-refractivity contribution in [2.75, 3.05) is 22.9 Å². The molecule has 0 amide bonds. The Morgan fingerprint density at radius 1 is 0.688 bits per heavy atom. The van der Waals surface area contributed by atoms with Gasteiger partial charge in [-0.05, 0) is 49.9 Å². The fourth-order valence-electron chi connectivity index (χ4n) is 4.50. The van der Waals surface area contributed by atoms with Gasteiger partial charge in [0.2, 0.25) is 0 Å². The second-order valence-corrected chi connectivity index (χ2v) is 9.70. The lowest BCUT2D eigenvalue weighted by atomic mass is 10.00. The van der Waals surface area contributed by atoms with Crippen molar-refractivity contribution in [3.63, 3.8) is 0 Å². The average molecular weight is 431 g/mol. The number of aliphatic imine (C=N–C) groups is 2. The Morgan fingerprint density at radius 3 is 1.34 bits per heavy atom. The zero-order valence-electron chi connectivity index (χ0n) is 20.5. The molecular weight excluding hydrogens is 392 g/mol. The Bertz CT molecular complexity index is 892. The molecule has 0 saturated heterocycles. The third-order valence-electron chi connectivity index (χ3n) is 7.32. The fourth-order valence-corrected chi connectivity index (χ4v) is 4.50. The number of amidine groups is 2. The van der Waals surface area contributed by atoms with Gasteiger partial charge >= 0.3 is 0 Å². The summed E-state index contributed by atoms with van der Waals surface area (Å²) in [6.45, 7) is 15.3. The molecule has 170 valence electrons. The van der Waals surface area contributed by atoms with Crippen LogP contribution in [-0.2, 0) is 0 Å². The first kappa shape index (κ1) is 22.6. The standard InChI is InChI=1S/C28H38N4/c1-7-21(5)25-17-31(23-13-9-19(3)10-14-23)27(29-25)28-30-26(22(6)8-2)18-32(28)24-15-11-20(4)12-16-24/h9-16,21-22,25-26H,7-8,17-18H2,1-6H3/t21-,22-,25+,26+/m0/s1. The van der Waals surface area contributed by atoms with Gasteiger partial charge in [0, 0.05) is 24.5 Å². The maximum absolute atomic E-state index is 5.30. The summed E-state index contributed by atoms with van der Waals surface area (Å²) < 4.78 is 0. The summed E-state index contributed by atoms with van der Waals surface area (Å²) in [5.41, 5.74) is 4.97. The molecule has 4 nitrogen and oxygen atoms in total.